The Bertz CT molecular complexity index is 904. The van der Waals surface area contributed by atoms with Crippen LogP contribution in [0.5, 0.6) is 5.75 Å². The van der Waals surface area contributed by atoms with Crippen molar-refractivity contribution in [3.05, 3.63) is 64.7 Å². The van der Waals surface area contributed by atoms with Gasteiger partial charge in [0.1, 0.15) is 5.75 Å². The molecule has 0 bridgehead atoms. The summed E-state index contributed by atoms with van der Waals surface area (Å²) in [5, 5.41) is 2.74. The first-order valence-electron chi connectivity index (χ1n) is 10.2. The highest BCUT2D eigenvalue weighted by atomic mass is 16.5. The molecule has 2 aliphatic rings. The molecule has 0 atom stereocenters. The molecule has 0 aliphatic carbocycles. The zero-order chi connectivity index (χ0) is 20.2. The maximum absolute atomic E-state index is 12.5. The number of piperazine rings is 1. The molecule has 6 nitrogen and oxygen atoms in total. The summed E-state index contributed by atoms with van der Waals surface area (Å²) in [4.78, 5) is 28.9. The van der Waals surface area contributed by atoms with Gasteiger partial charge in [0.2, 0.25) is 5.91 Å². The lowest BCUT2D eigenvalue weighted by Crippen LogP contribution is -2.50. The second kappa shape index (κ2) is 8.66. The fraction of sp³-hybridized carbons (Fsp3) is 0.391. The Hall–Kier alpha value is -2.86. The average Bonchev–Trinajstić information content (AvgIpc) is 3.20. The van der Waals surface area contributed by atoms with Crippen LogP contribution in [-0.4, -0.2) is 60.9 Å². The van der Waals surface area contributed by atoms with E-state index in [9.17, 15) is 9.59 Å². The number of aryl methyl sites for hydroxylation is 1. The van der Waals surface area contributed by atoms with Gasteiger partial charge in [0.15, 0.2) is 0 Å². The lowest BCUT2D eigenvalue weighted by Gasteiger charge is -2.34. The smallest absolute Gasteiger partial charge is 0.251 e. The van der Waals surface area contributed by atoms with Crippen LogP contribution in [-0.2, 0) is 17.8 Å². The molecule has 152 valence electrons. The van der Waals surface area contributed by atoms with Gasteiger partial charge < -0.3 is 15.0 Å². The molecule has 1 fully saturated rings. The fourth-order valence-corrected chi connectivity index (χ4v) is 3.91. The number of benzene rings is 2. The second-order valence-electron chi connectivity index (χ2n) is 7.75. The first-order valence-corrected chi connectivity index (χ1v) is 10.2. The number of nitrogens with zero attached hydrogens (tertiary/aromatic N) is 2. The molecular weight excluding hydrogens is 366 g/mol. The minimum Gasteiger partial charge on any atom is -0.493 e. The first kappa shape index (κ1) is 19.5. The van der Waals surface area contributed by atoms with Crippen LogP contribution in [0.4, 0.5) is 0 Å². The zero-order valence-corrected chi connectivity index (χ0v) is 16.8. The standard InChI is InChI=1S/C23H27N3O3/c1-17-3-2-4-20(13-17)23(28)24-15-22(27)26-10-8-25(9-11-26)16-18-5-6-21-19(14-18)7-12-29-21/h2-6,13-14H,7-12,15-16H2,1H3,(H,24,28). The number of fused-ring (bicyclic) bond motifs is 1. The van der Waals surface area contributed by atoms with Crippen LogP contribution in [0.15, 0.2) is 42.5 Å². The van der Waals surface area contributed by atoms with Crippen molar-refractivity contribution in [2.45, 2.75) is 19.9 Å². The second-order valence-corrected chi connectivity index (χ2v) is 7.75. The van der Waals surface area contributed by atoms with Gasteiger partial charge in [-0.1, -0.05) is 29.8 Å². The normalized spacial score (nSPS) is 16.2. The predicted octanol–water partition coefficient (Wildman–Crippen LogP) is 2.00. The van der Waals surface area contributed by atoms with Gasteiger partial charge in [0, 0.05) is 44.7 Å². The molecule has 29 heavy (non-hydrogen) atoms. The van der Waals surface area contributed by atoms with Gasteiger partial charge in [-0.05, 0) is 36.2 Å². The third kappa shape index (κ3) is 4.77. The van der Waals surface area contributed by atoms with E-state index in [-0.39, 0.29) is 18.4 Å². The van der Waals surface area contributed by atoms with Crippen molar-refractivity contribution in [1.82, 2.24) is 15.1 Å². The van der Waals surface area contributed by atoms with Crippen molar-refractivity contribution in [3.8, 4) is 5.75 Å². The summed E-state index contributed by atoms with van der Waals surface area (Å²) in [6.07, 6.45) is 0.986. The Kier molecular flexibility index (Phi) is 5.81. The van der Waals surface area contributed by atoms with Crippen molar-refractivity contribution in [1.29, 1.82) is 0 Å². The summed E-state index contributed by atoms with van der Waals surface area (Å²) in [6, 6.07) is 13.8. The van der Waals surface area contributed by atoms with E-state index in [1.54, 1.807) is 6.07 Å². The highest BCUT2D eigenvalue weighted by Crippen LogP contribution is 2.26. The molecule has 2 aromatic rings. The molecule has 2 aromatic carbocycles. The van der Waals surface area contributed by atoms with E-state index in [0.717, 1.165) is 44.0 Å². The number of amides is 2. The average molecular weight is 393 g/mol. The van der Waals surface area contributed by atoms with Crippen molar-refractivity contribution in [3.63, 3.8) is 0 Å². The summed E-state index contributed by atoms with van der Waals surface area (Å²) < 4.78 is 5.57. The van der Waals surface area contributed by atoms with Crippen molar-refractivity contribution in [2.24, 2.45) is 0 Å². The van der Waals surface area contributed by atoms with Gasteiger partial charge in [-0.25, -0.2) is 0 Å². The molecule has 6 heteroatoms. The number of ether oxygens (including phenoxy) is 1. The lowest BCUT2D eigenvalue weighted by molar-refractivity contribution is -0.131. The minimum absolute atomic E-state index is 0.0275. The largest absolute Gasteiger partial charge is 0.493 e. The number of hydrogen-bond donors (Lipinski definition) is 1. The summed E-state index contributed by atoms with van der Waals surface area (Å²) >= 11 is 0. The molecule has 0 unspecified atom stereocenters. The van der Waals surface area contributed by atoms with Crippen LogP contribution in [0.3, 0.4) is 0 Å². The first-order chi connectivity index (χ1) is 14.1. The summed E-state index contributed by atoms with van der Waals surface area (Å²) in [7, 11) is 0. The Morgan fingerprint density at radius 2 is 1.90 bits per heavy atom. The maximum Gasteiger partial charge on any atom is 0.251 e. The van der Waals surface area contributed by atoms with Crippen LogP contribution >= 0.6 is 0 Å². The van der Waals surface area contributed by atoms with Crippen LogP contribution in [0, 0.1) is 6.92 Å². The van der Waals surface area contributed by atoms with E-state index >= 15 is 0 Å². The highest BCUT2D eigenvalue weighted by Gasteiger charge is 2.22. The van der Waals surface area contributed by atoms with Crippen LogP contribution < -0.4 is 10.1 Å². The van der Waals surface area contributed by atoms with E-state index in [4.69, 9.17) is 4.74 Å². The Labute approximate surface area is 171 Å². The summed E-state index contributed by atoms with van der Waals surface area (Å²) in [5.41, 5.74) is 4.19. The minimum atomic E-state index is -0.207. The van der Waals surface area contributed by atoms with E-state index in [1.807, 2.05) is 30.0 Å². The van der Waals surface area contributed by atoms with Crippen LogP contribution in [0.2, 0.25) is 0 Å². The van der Waals surface area contributed by atoms with Gasteiger partial charge in [0.25, 0.3) is 5.91 Å². The third-order valence-electron chi connectivity index (χ3n) is 5.57. The van der Waals surface area contributed by atoms with E-state index in [2.05, 4.69) is 28.4 Å². The van der Waals surface area contributed by atoms with Gasteiger partial charge in [-0.2, -0.15) is 0 Å². The quantitative estimate of drug-likeness (QED) is 0.844. The third-order valence-corrected chi connectivity index (χ3v) is 5.57. The van der Waals surface area contributed by atoms with E-state index in [0.29, 0.717) is 18.7 Å². The van der Waals surface area contributed by atoms with Crippen molar-refractivity contribution < 1.29 is 14.3 Å². The molecule has 0 aromatic heterocycles. The molecule has 0 saturated carbocycles. The van der Waals surface area contributed by atoms with Gasteiger partial charge in [0.05, 0.1) is 13.2 Å². The van der Waals surface area contributed by atoms with E-state index in [1.165, 1.54) is 11.1 Å². The zero-order valence-electron chi connectivity index (χ0n) is 16.8. The number of rotatable bonds is 5. The molecule has 1 N–H and O–H groups in total. The van der Waals surface area contributed by atoms with E-state index < -0.39 is 0 Å². The fourth-order valence-electron chi connectivity index (χ4n) is 3.91. The monoisotopic (exact) mass is 393 g/mol. The van der Waals surface area contributed by atoms with Crippen molar-refractivity contribution in [2.75, 3.05) is 39.3 Å². The number of nitrogens with one attached hydrogen (secondary N) is 1. The van der Waals surface area contributed by atoms with Crippen LogP contribution in [0.1, 0.15) is 27.0 Å². The molecule has 2 amide bonds. The van der Waals surface area contributed by atoms with Gasteiger partial charge in [-0.15, -0.1) is 0 Å². The number of carbonyl (C=O) groups is 2. The lowest BCUT2D eigenvalue weighted by atomic mass is 10.1. The summed E-state index contributed by atoms with van der Waals surface area (Å²) in [6.45, 7) is 6.70. The SMILES string of the molecule is Cc1cccc(C(=O)NCC(=O)N2CCN(Cc3ccc4c(c3)CCO4)CC2)c1. The molecule has 0 spiro atoms. The van der Waals surface area contributed by atoms with Gasteiger partial charge >= 0.3 is 0 Å². The molecule has 2 aliphatic heterocycles. The van der Waals surface area contributed by atoms with Crippen LogP contribution in [0.25, 0.3) is 0 Å². The molecular formula is C23H27N3O3. The molecule has 2 heterocycles. The highest BCUT2D eigenvalue weighted by molar-refractivity contribution is 5.96. The summed E-state index contributed by atoms with van der Waals surface area (Å²) in [5.74, 6) is 0.776. The number of carbonyl (C=O) groups excluding carboxylic acids is 2. The molecule has 1 saturated heterocycles. The van der Waals surface area contributed by atoms with Gasteiger partial charge in [-0.3, -0.25) is 14.5 Å². The number of hydrogen-bond acceptors (Lipinski definition) is 4. The Morgan fingerprint density at radius 3 is 2.69 bits per heavy atom. The molecule has 4 rings (SSSR count). The maximum atomic E-state index is 12.5. The Balaban J connectivity index is 1.23. The Morgan fingerprint density at radius 1 is 1.07 bits per heavy atom. The molecule has 0 radical (unpaired) electrons. The predicted molar refractivity (Wildman–Crippen MR) is 111 cm³/mol. The topological polar surface area (TPSA) is 61.9 Å². The van der Waals surface area contributed by atoms with Crippen molar-refractivity contribution >= 4 is 11.8 Å².